The summed E-state index contributed by atoms with van der Waals surface area (Å²) in [7, 11) is 0. The predicted octanol–water partition coefficient (Wildman–Crippen LogP) is 3.27. The second kappa shape index (κ2) is 5.26. The van der Waals surface area contributed by atoms with Gasteiger partial charge in [0.25, 0.3) is 5.56 Å². The van der Waals surface area contributed by atoms with E-state index >= 15 is 0 Å². The summed E-state index contributed by atoms with van der Waals surface area (Å²) >= 11 is 1.47. The topological polar surface area (TPSA) is 47.2 Å². The Morgan fingerprint density at radius 2 is 2.05 bits per heavy atom. The van der Waals surface area contributed by atoms with E-state index in [1.165, 1.54) is 16.0 Å². The van der Waals surface area contributed by atoms with Crippen LogP contribution in [0.5, 0.6) is 0 Å². The van der Waals surface area contributed by atoms with E-state index < -0.39 is 0 Å². The molecule has 0 spiro atoms. The highest BCUT2D eigenvalue weighted by atomic mass is 32.1. The van der Waals surface area contributed by atoms with Gasteiger partial charge in [-0.2, -0.15) is 9.78 Å². The molecule has 0 saturated heterocycles. The van der Waals surface area contributed by atoms with Gasteiger partial charge in [-0.05, 0) is 43.3 Å². The zero-order valence-corrected chi connectivity index (χ0v) is 12.9. The summed E-state index contributed by atoms with van der Waals surface area (Å²) < 4.78 is 1.36. The molecule has 3 rings (SSSR count). The van der Waals surface area contributed by atoms with Gasteiger partial charge in [0.1, 0.15) is 10.7 Å². The molecule has 0 aliphatic carbocycles. The van der Waals surface area contributed by atoms with Crippen molar-refractivity contribution >= 4 is 27.8 Å². The first-order valence-corrected chi connectivity index (χ1v) is 7.52. The summed E-state index contributed by atoms with van der Waals surface area (Å²) in [5, 5.41) is 6.82. The van der Waals surface area contributed by atoms with Crippen LogP contribution in [0.3, 0.4) is 0 Å². The highest BCUT2D eigenvalue weighted by molar-refractivity contribution is 7.16. The van der Waals surface area contributed by atoms with E-state index in [2.05, 4.69) is 22.2 Å². The molecule has 0 atom stereocenters. The fraction of sp³-hybridized carbons (Fsp3) is 0.188. The van der Waals surface area contributed by atoms with Gasteiger partial charge in [-0.3, -0.25) is 4.79 Å². The number of aryl methyl sites for hydroxylation is 3. The van der Waals surface area contributed by atoms with Crippen LogP contribution < -0.4 is 5.56 Å². The molecule has 2 heterocycles. The standard InChI is InChI=1S/C16H15N3OS/c1-10-4-5-11(2)13(8-10)9-17-19-12(3)18-15-14(16(19)20)6-7-21-15/h4-9H,1-3H3/b17-9-. The molecule has 0 aliphatic rings. The molecule has 106 valence electrons. The van der Waals surface area contributed by atoms with Crippen molar-refractivity contribution in [3.05, 3.63) is 62.5 Å². The van der Waals surface area contributed by atoms with Gasteiger partial charge in [-0.1, -0.05) is 23.8 Å². The first kappa shape index (κ1) is 13.7. The molecule has 0 saturated carbocycles. The molecule has 21 heavy (non-hydrogen) atoms. The van der Waals surface area contributed by atoms with E-state index in [0.29, 0.717) is 11.2 Å². The summed E-state index contributed by atoms with van der Waals surface area (Å²) in [5.74, 6) is 0.594. The SMILES string of the molecule is Cc1ccc(C)c(/C=N\n2c(C)nc3sccc3c2=O)c1. The fourth-order valence-electron chi connectivity index (χ4n) is 2.16. The Bertz CT molecular complexity index is 906. The normalized spacial score (nSPS) is 11.6. The van der Waals surface area contributed by atoms with E-state index in [0.717, 1.165) is 21.5 Å². The van der Waals surface area contributed by atoms with Crippen molar-refractivity contribution in [3.63, 3.8) is 0 Å². The highest BCUT2D eigenvalue weighted by Gasteiger charge is 2.07. The van der Waals surface area contributed by atoms with Gasteiger partial charge in [0, 0.05) is 0 Å². The molecule has 0 radical (unpaired) electrons. The molecular formula is C16H15N3OS. The Morgan fingerprint density at radius 3 is 2.86 bits per heavy atom. The lowest BCUT2D eigenvalue weighted by atomic mass is 10.1. The van der Waals surface area contributed by atoms with Crippen LogP contribution in [-0.2, 0) is 0 Å². The average molecular weight is 297 g/mol. The molecule has 0 bridgehead atoms. The second-order valence-corrected chi connectivity index (χ2v) is 5.91. The van der Waals surface area contributed by atoms with Gasteiger partial charge in [0.05, 0.1) is 11.6 Å². The lowest BCUT2D eigenvalue weighted by Crippen LogP contribution is -2.19. The molecule has 0 N–H and O–H groups in total. The molecule has 5 heteroatoms. The fourth-order valence-corrected chi connectivity index (χ4v) is 2.96. The van der Waals surface area contributed by atoms with Gasteiger partial charge in [0.2, 0.25) is 0 Å². The van der Waals surface area contributed by atoms with Gasteiger partial charge < -0.3 is 0 Å². The highest BCUT2D eigenvalue weighted by Crippen LogP contribution is 2.15. The van der Waals surface area contributed by atoms with E-state index in [1.807, 2.05) is 25.3 Å². The molecule has 0 aliphatic heterocycles. The van der Waals surface area contributed by atoms with Crippen LogP contribution in [0.1, 0.15) is 22.5 Å². The second-order valence-electron chi connectivity index (χ2n) is 5.02. The lowest BCUT2D eigenvalue weighted by Gasteiger charge is -2.04. The molecular weight excluding hydrogens is 282 g/mol. The monoisotopic (exact) mass is 297 g/mol. The van der Waals surface area contributed by atoms with Gasteiger partial charge in [0.15, 0.2) is 0 Å². The Balaban J connectivity index is 2.11. The van der Waals surface area contributed by atoms with Crippen molar-refractivity contribution in [2.75, 3.05) is 0 Å². The molecule has 0 fully saturated rings. The first-order chi connectivity index (χ1) is 10.1. The number of nitrogens with zero attached hydrogens (tertiary/aromatic N) is 3. The van der Waals surface area contributed by atoms with Crippen LogP contribution in [0.2, 0.25) is 0 Å². The molecule has 4 nitrogen and oxygen atoms in total. The van der Waals surface area contributed by atoms with Gasteiger partial charge in [-0.15, -0.1) is 11.3 Å². The number of thiophene rings is 1. The van der Waals surface area contributed by atoms with Crippen LogP contribution in [0.25, 0.3) is 10.2 Å². The number of fused-ring (bicyclic) bond motifs is 1. The van der Waals surface area contributed by atoms with Crippen molar-refractivity contribution in [1.29, 1.82) is 0 Å². The number of rotatable bonds is 2. The Labute approximate surface area is 126 Å². The summed E-state index contributed by atoms with van der Waals surface area (Å²) in [6.07, 6.45) is 1.72. The van der Waals surface area contributed by atoms with E-state index in [9.17, 15) is 4.79 Å². The molecule has 1 aromatic carbocycles. The van der Waals surface area contributed by atoms with Crippen molar-refractivity contribution in [2.45, 2.75) is 20.8 Å². The summed E-state index contributed by atoms with van der Waals surface area (Å²) in [6, 6.07) is 7.95. The number of hydrogen-bond donors (Lipinski definition) is 0. The van der Waals surface area contributed by atoms with Crippen molar-refractivity contribution < 1.29 is 0 Å². The van der Waals surface area contributed by atoms with Gasteiger partial charge >= 0.3 is 0 Å². The average Bonchev–Trinajstić information content (AvgIpc) is 2.90. The maximum absolute atomic E-state index is 12.4. The zero-order valence-electron chi connectivity index (χ0n) is 12.1. The maximum atomic E-state index is 12.4. The predicted molar refractivity (Wildman–Crippen MR) is 87.5 cm³/mol. The summed E-state index contributed by atoms with van der Waals surface area (Å²) in [5.41, 5.74) is 3.17. The van der Waals surface area contributed by atoms with Crippen molar-refractivity contribution in [1.82, 2.24) is 9.66 Å². The third kappa shape index (κ3) is 2.52. The number of hydrogen-bond acceptors (Lipinski definition) is 4. The van der Waals surface area contributed by atoms with E-state index in [4.69, 9.17) is 0 Å². The van der Waals surface area contributed by atoms with E-state index in [1.54, 1.807) is 19.2 Å². The summed E-state index contributed by atoms with van der Waals surface area (Å²) in [6.45, 7) is 5.85. The minimum absolute atomic E-state index is 0.125. The van der Waals surface area contributed by atoms with E-state index in [-0.39, 0.29) is 5.56 Å². The lowest BCUT2D eigenvalue weighted by molar-refractivity contribution is 0.772. The van der Waals surface area contributed by atoms with Crippen LogP contribution in [0.4, 0.5) is 0 Å². The largest absolute Gasteiger partial charge is 0.282 e. The maximum Gasteiger partial charge on any atom is 0.282 e. The minimum Gasteiger partial charge on any atom is -0.267 e. The third-order valence-electron chi connectivity index (χ3n) is 3.38. The first-order valence-electron chi connectivity index (χ1n) is 6.65. The molecule has 0 unspecified atom stereocenters. The molecule has 0 amide bonds. The summed E-state index contributed by atoms with van der Waals surface area (Å²) in [4.78, 5) is 17.6. The molecule has 2 aromatic heterocycles. The van der Waals surface area contributed by atoms with Crippen LogP contribution >= 0.6 is 11.3 Å². The van der Waals surface area contributed by atoms with Gasteiger partial charge in [-0.25, -0.2) is 4.98 Å². The quantitative estimate of drug-likeness (QED) is 0.682. The third-order valence-corrected chi connectivity index (χ3v) is 4.19. The smallest absolute Gasteiger partial charge is 0.267 e. The Kier molecular flexibility index (Phi) is 3.43. The van der Waals surface area contributed by atoms with Crippen molar-refractivity contribution in [2.24, 2.45) is 5.10 Å². The Morgan fingerprint density at radius 1 is 1.24 bits per heavy atom. The minimum atomic E-state index is -0.125. The van der Waals surface area contributed by atoms with Crippen molar-refractivity contribution in [3.8, 4) is 0 Å². The van der Waals surface area contributed by atoms with Crippen LogP contribution in [-0.4, -0.2) is 15.9 Å². The Hall–Kier alpha value is -2.27. The van der Waals surface area contributed by atoms with Crippen LogP contribution in [0.15, 0.2) is 39.5 Å². The number of aromatic nitrogens is 2. The number of benzene rings is 1. The van der Waals surface area contributed by atoms with Crippen LogP contribution in [0, 0.1) is 20.8 Å². The zero-order chi connectivity index (χ0) is 15.0. The molecule has 3 aromatic rings.